The fourth-order valence-electron chi connectivity index (χ4n) is 2.03. The van der Waals surface area contributed by atoms with Crippen LogP contribution in [0.2, 0.25) is 6.82 Å². The number of nitrogens with zero attached hydrogens (tertiary/aromatic N) is 1. The molecule has 0 aliphatic carbocycles. The van der Waals surface area contributed by atoms with Gasteiger partial charge in [0.2, 0.25) is 0 Å². The Labute approximate surface area is 95.8 Å². The molecule has 0 atom stereocenters. The molecular formula is C11H22BNSe. The fourth-order valence-corrected chi connectivity index (χ4v) is 5.18. The molecule has 1 nitrogen and oxygen atoms in total. The van der Waals surface area contributed by atoms with E-state index < -0.39 is 0 Å². The van der Waals surface area contributed by atoms with E-state index in [0.717, 1.165) is 12.8 Å². The van der Waals surface area contributed by atoms with Crippen molar-refractivity contribution in [3.8, 4) is 0 Å². The molecule has 0 amide bonds. The Kier molecular flexibility index (Phi) is 4.76. The molecule has 80 valence electrons. The van der Waals surface area contributed by atoms with Gasteiger partial charge < -0.3 is 0 Å². The molecule has 0 aromatic rings. The van der Waals surface area contributed by atoms with Gasteiger partial charge in [0.05, 0.1) is 0 Å². The molecular weight excluding hydrogens is 236 g/mol. The van der Waals surface area contributed by atoms with Gasteiger partial charge in [-0.25, -0.2) is 0 Å². The monoisotopic (exact) mass is 259 g/mol. The van der Waals surface area contributed by atoms with Crippen molar-refractivity contribution in [2.45, 2.75) is 47.4 Å². The zero-order valence-electron chi connectivity index (χ0n) is 10.1. The van der Waals surface area contributed by atoms with E-state index in [4.69, 9.17) is 0 Å². The number of hydrogen-bond acceptors (Lipinski definition) is 1. The average Bonchev–Trinajstić information content (AvgIpc) is 2.42. The average molecular weight is 258 g/mol. The second kappa shape index (κ2) is 5.39. The molecule has 1 aliphatic heterocycles. The standard InChI is InChI=1S/C11H22BNSe/c1-6-10-11(7-2)14-13(12(10)5)8-9(3)4/h9H,6-8H2,1-5H3. The first-order valence-corrected chi connectivity index (χ1v) is 7.38. The molecule has 3 heteroatoms. The maximum absolute atomic E-state index is 2.69. The summed E-state index contributed by atoms with van der Waals surface area (Å²) in [6.07, 6.45) is 2.52. The van der Waals surface area contributed by atoms with Crippen LogP contribution in [-0.2, 0) is 0 Å². The van der Waals surface area contributed by atoms with Crippen molar-refractivity contribution in [2.75, 3.05) is 6.54 Å². The van der Waals surface area contributed by atoms with E-state index in [1.165, 1.54) is 19.4 Å². The van der Waals surface area contributed by atoms with E-state index in [0.29, 0.717) is 15.2 Å². The molecule has 0 unspecified atom stereocenters. The van der Waals surface area contributed by atoms with E-state index in [-0.39, 0.29) is 0 Å². The molecule has 0 aromatic heterocycles. The van der Waals surface area contributed by atoms with Gasteiger partial charge in [0, 0.05) is 0 Å². The van der Waals surface area contributed by atoms with Gasteiger partial charge in [-0.05, 0) is 0 Å². The van der Waals surface area contributed by atoms with Gasteiger partial charge in [-0.3, -0.25) is 0 Å². The molecule has 0 radical (unpaired) electrons. The van der Waals surface area contributed by atoms with Gasteiger partial charge in [-0.2, -0.15) is 0 Å². The summed E-state index contributed by atoms with van der Waals surface area (Å²) in [4.78, 5) is 0. The fraction of sp³-hybridized carbons (Fsp3) is 0.818. The molecule has 0 bridgehead atoms. The maximum atomic E-state index is 2.69. The summed E-state index contributed by atoms with van der Waals surface area (Å²) in [7, 11) is 0. The van der Waals surface area contributed by atoms with Crippen LogP contribution in [0.15, 0.2) is 9.94 Å². The quantitative estimate of drug-likeness (QED) is 0.701. The van der Waals surface area contributed by atoms with Gasteiger partial charge in [0.25, 0.3) is 0 Å². The molecule has 1 heterocycles. The van der Waals surface area contributed by atoms with Crippen LogP contribution in [0.25, 0.3) is 0 Å². The summed E-state index contributed by atoms with van der Waals surface area (Å²) in [5.41, 5.74) is 1.73. The third-order valence-corrected chi connectivity index (χ3v) is 5.86. The first kappa shape index (κ1) is 12.4. The van der Waals surface area contributed by atoms with Crippen LogP contribution in [0.1, 0.15) is 40.5 Å². The summed E-state index contributed by atoms with van der Waals surface area (Å²) in [5, 5.41) is 0. The van der Waals surface area contributed by atoms with Crippen LogP contribution in [0.3, 0.4) is 0 Å². The van der Waals surface area contributed by atoms with Crippen LogP contribution in [0.5, 0.6) is 0 Å². The zero-order valence-corrected chi connectivity index (χ0v) is 11.8. The van der Waals surface area contributed by atoms with Crippen molar-refractivity contribution in [1.29, 1.82) is 0 Å². The molecule has 0 N–H and O–H groups in total. The summed E-state index contributed by atoms with van der Waals surface area (Å²) >= 11 is 0.643. The first-order valence-electron chi connectivity index (χ1n) is 5.76. The summed E-state index contributed by atoms with van der Waals surface area (Å²) in [5.74, 6) is 0.800. The molecule has 0 aromatic carbocycles. The molecule has 0 saturated heterocycles. The predicted molar refractivity (Wildman–Crippen MR) is 66.5 cm³/mol. The molecule has 0 saturated carbocycles. The molecule has 0 fully saturated rings. The predicted octanol–water partition coefficient (Wildman–Crippen LogP) is 2.81. The van der Waals surface area contributed by atoms with E-state index in [1.807, 2.05) is 0 Å². The second-order valence-electron chi connectivity index (χ2n) is 4.42. The van der Waals surface area contributed by atoms with Gasteiger partial charge >= 0.3 is 95.6 Å². The number of rotatable bonds is 4. The van der Waals surface area contributed by atoms with Gasteiger partial charge in [-0.15, -0.1) is 0 Å². The van der Waals surface area contributed by atoms with Crippen LogP contribution in [0.4, 0.5) is 0 Å². The van der Waals surface area contributed by atoms with Crippen molar-refractivity contribution in [3.05, 3.63) is 9.94 Å². The SMILES string of the molecule is CCC1=C(CC)B(C)N(CC(C)C)[Se]1. The molecule has 0 spiro atoms. The summed E-state index contributed by atoms with van der Waals surface area (Å²) in [6.45, 7) is 13.6. The molecule has 1 aliphatic rings. The Balaban J connectivity index is 2.66. The van der Waals surface area contributed by atoms with Crippen molar-refractivity contribution in [2.24, 2.45) is 5.92 Å². The molecule has 1 rings (SSSR count). The van der Waals surface area contributed by atoms with E-state index in [2.05, 4.69) is 38.3 Å². The van der Waals surface area contributed by atoms with Crippen LogP contribution >= 0.6 is 0 Å². The van der Waals surface area contributed by atoms with Crippen molar-refractivity contribution >= 4 is 22.0 Å². The van der Waals surface area contributed by atoms with E-state index in [1.54, 1.807) is 9.94 Å². The van der Waals surface area contributed by atoms with Gasteiger partial charge in [-0.1, -0.05) is 0 Å². The Hall–Kier alpha value is 0.284. The number of hydrogen-bond donors (Lipinski definition) is 0. The Morgan fingerprint density at radius 3 is 2.29 bits per heavy atom. The minimum atomic E-state index is 0.643. The van der Waals surface area contributed by atoms with Crippen LogP contribution < -0.4 is 0 Å². The van der Waals surface area contributed by atoms with Crippen molar-refractivity contribution < 1.29 is 0 Å². The summed E-state index contributed by atoms with van der Waals surface area (Å²) < 4.78 is 4.45. The second-order valence-corrected chi connectivity index (χ2v) is 6.82. The first-order chi connectivity index (χ1) is 6.60. The zero-order chi connectivity index (χ0) is 10.7. The van der Waals surface area contributed by atoms with E-state index >= 15 is 0 Å². The summed E-state index contributed by atoms with van der Waals surface area (Å²) in [6, 6.07) is 0. The Bertz CT molecular complexity index is 225. The Morgan fingerprint density at radius 2 is 1.93 bits per heavy atom. The Morgan fingerprint density at radius 1 is 1.29 bits per heavy atom. The normalized spacial score (nSPS) is 18.9. The third kappa shape index (κ3) is 2.65. The van der Waals surface area contributed by atoms with Crippen molar-refractivity contribution in [3.63, 3.8) is 0 Å². The minimum absolute atomic E-state index is 0.643. The van der Waals surface area contributed by atoms with Gasteiger partial charge in [0.1, 0.15) is 0 Å². The van der Waals surface area contributed by atoms with Gasteiger partial charge in [0.15, 0.2) is 0 Å². The van der Waals surface area contributed by atoms with Crippen molar-refractivity contribution in [1.82, 2.24) is 3.83 Å². The van der Waals surface area contributed by atoms with E-state index in [9.17, 15) is 0 Å². The third-order valence-electron chi connectivity index (χ3n) is 2.77. The van der Waals surface area contributed by atoms with Crippen LogP contribution in [-0.4, -0.2) is 32.4 Å². The van der Waals surface area contributed by atoms with Crippen LogP contribution in [0, 0.1) is 5.92 Å². The molecule has 14 heavy (non-hydrogen) atoms. The topological polar surface area (TPSA) is 3.24 Å². The number of allylic oxidation sites excluding steroid dienone is 2.